The number of nitrogens with zero attached hydrogens (tertiary/aromatic N) is 2. The number of hydrazone groups is 1. The number of halogens is 1. The van der Waals surface area contributed by atoms with E-state index in [2.05, 4.69) is 16.0 Å². The lowest BCUT2D eigenvalue weighted by atomic mass is 10.1. The lowest BCUT2D eigenvalue weighted by Gasteiger charge is -2.26. The van der Waals surface area contributed by atoms with Crippen LogP contribution in [0.1, 0.15) is 35.8 Å². The molecule has 0 bridgehead atoms. The van der Waals surface area contributed by atoms with Crippen LogP contribution in [-0.2, 0) is 9.53 Å². The van der Waals surface area contributed by atoms with Crippen molar-refractivity contribution in [2.45, 2.75) is 19.9 Å². The molecular formula is C20H21ClN4O4. The van der Waals surface area contributed by atoms with Crippen molar-refractivity contribution < 1.29 is 19.1 Å². The number of methoxy groups -OCH3 is 1. The van der Waals surface area contributed by atoms with E-state index < -0.39 is 23.9 Å². The van der Waals surface area contributed by atoms with Crippen LogP contribution >= 0.6 is 11.6 Å². The van der Waals surface area contributed by atoms with E-state index in [-0.39, 0.29) is 0 Å². The molecule has 2 aromatic rings. The molecule has 2 rings (SSSR count). The maximum atomic E-state index is 12.9. The van der Waals surface area contributed by atoms with Crippen LogP contribution in [0.15, 0.2) is 59.7 Å². The number of hydrogen-bond acceptors (Lipinski definition) is 5. The van der Waals surface area contributed by atoms with Crippen molar-refractivity contribution in [1.82, 2.24) is 15.9 Å². The summed E-state index contributed by atoms with van der Waals surface area (Å²) >= 11 is 5.93. The third-order valence-corrected chi connectivity index (χ3v) is 3.94. The highest BCUT2D eigenvalue weighted by atomic mass is 35.5. The van der Waals surface area contributed by atoms with Crippen LogP contribution in [0.25, 0.3) is 0 Å². The molecule has 0 saturated carbocycles. The zero-order valence-corrected chi connectivity index (χ0v) is 16.9. The maximum Gasteiger partial charge on any atom is 0.431 e. The summed E-state index contributed by atoms with van der Waals surface area (Å²) in [5, 5.41) is 5.49. The number of hydrogen-bond donors (Lipinski definition) is 2. The van der Waals surface area contributed by atoms with Gasteiger partial charge in [-0.3, -0.25) is 20.4 Å². The van der Waals surface area contributed by atoms with Crippen molar-refractivity contribution in [3.8, 4) is 0 Å². The van der Waals surface area contributed by atoms with Gasteiger partial charge in [-0.15, -0.1) is 0 Å². The van der Waals surface area contributed by atoms with Crippen molar-refractivity contribution in [2.75, 3.05) is 7.11 Å². The molecule has 0 aliphatic carbocycles. The Morgan fingerprint density at radius 2 is 1.62 bits per heavy atom. The van der Waals surface area contributed by atoms with Crippen LogP contribution in [0.3, 0.4) is 0 Å². The number of nitrogens with one attached hydrogen (secondary N) is 2. The molecule has 29 heavy (non-hydrogen) atoms. The predicted molar refractivity (Wildman–Crippen MR) is 109 cm³/mol. The second-order valence-electron chi connectivity index (χ2n) is 6.13. The number of amides is 3. The Morgan fingerprint density at radius 1 is 1.00 bits per heavy atom. The van der Waals surface area contributed by atoms with E-state index in [1.165, 1.54) is 7.11 Å². The van der Waals surface area contributed by atoms with E-state index in [0.717, 1.165) is 5.01 Å². The number of benzene rings is 2. The van der Waals surface area contributed by atoms with Gasteiger partial charge in [-0.1, -0.05) is 41.9 Å². The molecule has 0 spiro atoms. The molecule has 8 nitrogen and oxygen atoms in total. The average Bonchev–Trinajstić information content (AvgIpc) is 2.72. The van der Waals surface area contributed by atoms with Gasteiger partial charge < -0.3 is 4.74 Å². The van der Waals surface area contributed by atoms with Gasteiger partial charge in [0.25, 0.3) is 11.8 Å². The Bertz CT molecular complexity index is 896. The first kappa shape index (κ1) is 21.9. The fraction of sp³-hybridized carbons (Fsp3) is 0.200. The summed E-state index contributed by atoms with van der Waals surface area (Å²) in [6.45, 7) is 3.34. The third-order valence-electron chi connectivity index (χ3n) is 3.68. The van der Waals surface area contributed by atoms with Crippen molar-refractivity contribution in [3.05, 3.63) is 70.7 Å². The van der Waals surface area contributed by atoms with Crippen LogP contribution < -0.4 is 10.9 Å². The minimum Gasteiger partial charge on any atom is -0.451 e. The molecule has 0 aromatic heterocycles. The molecule has 3 amide bonds. The third kappa shape index (κ3) is 6.05. The SMILES string of the molecule is COC(=O)N(N=C(C)C)C(C(=O)NNC(=O)c1ccccc1)c1ccc(Cl)cc1. The first-order chi connectivity index (χ1) is 13.8. The Balaban J connectivity index is 2.31. The number of ether oxygens (including phenoxy) is 1. The Hall–Kier alpha value is -3.39. The molecule has 1 atom stereocenters. The molecule has 1 unspecified atom stereocenters. The number of rotatable bonds is 5. The second kappa shape index (κ2) is 10.2. The van der Waals surface area contributed by atoms with Gasteiger partial charge in [-0.2, -0.15) is 10.1 Å². The average molecular weight is 417 g/mol. The number of carbonyl (C=O) groups is 3. The minimum absolute atomic E-state index is 0.364. The van der Waals surface area contributed by atoms with Gasteiger partial charge in [0.15, 0.2) is 6.04 Å². The number of hydrazine groups is 1. The summed E-state index contributed by atoms with van der Waals surface area (Å²) in [4.78, 5) is 37.4. The van der Waals surface area contributed by atoms with Gasteiger partial charge in [-0.05, 0) is 43.7 Å². The van der Waals surface area contributed by atoms with E-state index in [1.807, 2.05) is 0 Å². The fourth-order valence-electron chi connectivity index (χ4n) is 2.41. The molecule has 0 saturated heterocycles. The van der Waals surface area contributed by atoms with Crippen molar-refractivity contribution >= 4 is 35.2 Å². The molecule has 0 radical (unpaired) electrons. The van der Waals surface area contributed by atoms with Crippen molar-refractivity contribution in [2.24, 2.45) is 5.10 Å². The molecule has 2 N–H and O–H groups in total. The predicted octanol–water partition coefficient (Wildman–Crippen LogP) is 3.31. The van der Waals surface area contributed by atoms with Crippen LogP contribution in [0.2, 0.25) is 5.02 Å². The summed E-state index contributed by atoms with van der Waals surface area (Å²) in [5.41, 5.74) is 5.98. The van der Waals surface area contributed by atoms with Crippen LogP contribution in [-0.4, -0.2) is 35.7 Å². The van der Waals surface area contributed by atoms with Gasteiger partial charge in [0.05, 0.1) is 7.11 Å². The van der Waals surface area contributed by atoms with Crippen LogP contribution in [0.4, 0.5) is 4.79 Å². The normalized spacial score (nSPS) is 11.0. The summed E-state index contributed by atoms with van der Waals surface area (Å²) in [7, 11) is 1.18. The van der Waals surface area contributed by atoms with Gasteiger partial charge in [-0.25, -0.2) is 4.79 Å². The van der Waals surface area contributed by atoms with E-state index in [1.54, 1.807) is 68.4 Å². The van der Waals surface area contributed by atoms with Crippen LogP contribution in [0.5, 0.6) is 0 Å². The maximum absolute atomic E-state index is 12.9. The van der Waals surface area contributed by atoms with Gasteiger partial charge in [0.1, 0.15) is 0 Å². The highest BCUT2D eigenvalue weighted by Crippen LogP contribution is 2.24. The van der Waals surface area contributed by atoms with Gasteiger partial charge in [0.2, 0.25) is 0 Å². The molecular weight excluding hydrogens is 396 g/mol. The molecule has 0 aliphatic heterocycles. The summed E-state index contributed by atoms with van der Waals surface area (Å²) < 4.78 is 4.77. The van der Waals surface area contributed by atoms with Gasteiger partial charge >= 0.3 is 6.09 Å². The Kier molecular flexibility index (Phi) is 7.73. The molecule has 0 fully saturated rings. The van der Waals surface area contributed by atoms with E-state index >= 15 is 0 Å². The standard InChI is InChI=1S/C20H21ClN4O4/c1-13(2)24-25(20(28)29-3)17(14-9-11-16(21)12-10-14)19(27)23-22-18(26)15-7-5-4-6-8-15/h4-12,17H,1-3H3,(H,22,26)(H,23,27). The Labute approximate surface area is 173 Å². The zero-order valence-electron chi connectivity index (χ0n) is 16.2. The zero-order chi connectivity index (χ0) is 21.4. The van der Waals surface area contributed by atoms with Crippen molar-refractivity contribution in [3.63, 3.8) is 0 Å². The summed E-state index contributed by atoms with van der Waals surface area (Å²) in [6.07, 6.45) is -0.837. The monoisotopic (exact) mass is 416 g/mol. The molecule has 2 aromatic carbocycles. The van der Waals surface area contributed by atoms with Gasteiger partial charge in [0, 0.05) is 16.3 Å². The van der Waals surface area contributed by atoms with E-state index in [0.29, 0.717) is 21.9 Å². The minimum atomic E-state index is -1.20. The molecule has 9 heteroatoms. The smallest absolute Gasteiger partial charge is 0.431 e. The van der Waals surface area contributed by atoms with E-state index in [9.17, 15) is 14.4 Å². The highest BCUT2D eigenvalue weighted by Gasteiger charge is 2.33. The van der Waals surface area contributed by atoms with Crippen LogP contribution in [0, 0.1) is 0 Å². The first-order valence-electron chi connectivity index (χ1n) is 8.63. The lowest BCUT2D eigenvalue weighted by Crippen LogP contribution is -2.48. The fourth-order valence-corrected chi connectivity index (χ4v) is 2.54. The van der Waals surface area contributed by atoms with Crippen molar-refractivity contribution in [1.29, 1.82) is 0 Å². The number of carbonyl (C=O) groups excluding carboxylic acids is 3. The Morgan fingerprint density at radius 3 is 2.17 bits per heavy atom. The molecule has 0 heterocycles. The molecule has 152 valence electrons. The first-order valence-corrected chi connectivity index (χ1v) is 9.01. The topological polar surface area (TPSA) is 100 Å². The quantitative estimate of drug-likeness (QED) is 0.576. The second-order valence-corrected chi connectivity index (χ2v) is 6.56. The largest absolute Gasteiger partial charge is 0.451 e. The lowest BCUT2D eigenvalue weighted by molar-refractivity contribution is -0.127. The van der Waals surface area contributed by atoms with E-state index in [4.69, 9.17) is 16.3 Å². The summed E-state index contributed by atoms with van der Waals surface area (Å²) in [6, 6.07) is 13.5. The molecule has 0 aliphatic rings. The summed E-state index contributed by atoms with van der Waals surface area (Å²) in [5.74, 6) is -1.19. The highest BCUT2D eigenvalue weighted by molar-refractivity contribution is 6.30.